The van der Waals surface area contributed by atoms with Gasteiger partial charge in [-0.2, -0.15) is 5.26 Å². The van der Waals surface area contributed by atoms with Gasteiger partial charge in [0.25, 0.3) is 5.91 Å². The van der Waals surface area contributed by atoms with Crippen molar-refractivity contribution in [1.29, 1.82) is 5.26 Å². The smallest absolute Gasteiger partial charge is 0.266 e. The van der Waals surface area contributed by atoms with Crippen LogP contribution in [-0.4, -0.2) is 5.91 Å². The van der Waals surface area contributed by atoms with Gasteiger partial charge in [-0.1, -0.05) is 57.9 Å². The van der Waals surface area contributed by atoms with Gasteiger partial charge in [0.2, 0.25) is 0 Å². The first-order chi connectivity index (χ1) is 14.4. The third kappa shape index (κ3) is 5.96. The Morgan fingerprint density at radius 1 is 1.17 bits per heavy atom. The summed E-state index contributed by atoms with van der Waals surface area (Å²) in [4.78, 5) is 12.4. The van der Waals surface area contributed by atoms with E-state index in [4.69, 9.17) is 16.3 Å². The van der Waals surface area contributed by atoms with E-state index in [-0.39, 0.29) is 5.57 Å². The zero-order valence-electron chi connectivity index (χ0n) is 16.2. The second-order valence-corrected chi connectivity index (χ2v) is 7.92. The van der Waals surface area contributed by atoms with Crippen molar-refractivity contribution in [2.75, 3.05) is 5.32 Å². The summed E-state index contributed by atoms with van der Waals surface area (Å²) in [6, 6.07) is 22.3. The average molecular weight is 482 g/mol. The van der Waals surface area contributed by atoms with Crippen LogP contribution in [0.25, 0.3) is 6.08 Å². The fourth-order valence-electron chi connectivity index (χ4n) is 2.70. The second kappa shape index (κ2) is 10.1. The van der Waals surface area contributed by atoms with E-state index < -0.39 is 5.91 Å². The molecule has 4 nitrogen and oxygen atoms in total. The number of ether oxygens (including phenoxy) is 1. The SMILES string of the molecule is Cc1cccc(NC(=O)/C(C#N)=C/c2ccc(OCc3ccc(Br)cc3)c(Cl)c2)c1. The van der Waals surface area contributed by atoms with E-state index in [0.29, 0.717) is 28.6 Å². The van der Waals surface area contributed by atoms with Gasteiger partial charge in [0.05, 0.1) is 5.02 Å². The lowest BCUT2D eigenvalue weighted by atomic mass is 10.1. The fraction of sp³-hybridized carbons (Fsp3) is 0.0833. The number of nitrogens with zero attached hydrogens (tertiary/aromatic N) is 1. The number of rotatable bonds is 6. The summed E-state index contributed by atoms with van der Waals surface area (Å²) in [5, 5.41) is 12.5. The Kier molecular flexibility index (Phi) is 7.29. The van der Waals surface area contributed by atoms with Gasteiger partial charge in [0, 0.05) is 10.2 Å². The number of hydrogen-bond acceptors (Lipinski definition) is 3. The van der Waals surface area contributed by atoms with Crippen molar-refractivity contribution in [2.24, 2.45) is 0 Å². The fourth-order valence-corrected chi connectivity index (χ4v) is 3.21. The maximum absolute atomic E-state index is 12.4. The number of anilines is 1. The minimum Gasteiger partial charge on any atom is -0.487 e. The summed E-state index contributed by atoms with van der Waals surface area (Å²) in [6.07, 6.45) is 1.50. The Balaban J connectivity index is 1.70. The van der Waals surface area contributed by atoms with Gasteiger partial charge in [-0.3, -0.25) is 4.79 Å². The number of benzene rings is 3. The molecule has 0 saturated heterocycles. The largest absolute Gasteiger partial charge is 0.487 e. The maximum atomic E-state index is 12.4. The molecule has 1 amide bonds. The van der Waals surface area contributed by atoms with Gasteiger partial charge < -0.3 is 10.1 Å². The highest BCUT2D eigenvalue weighted by molar-refractivity contribution is 9.10. The highest BCUT2D eigenvalue weighted by Gasteiger charge is 2.11. The molecule has 3 aromatic carbocycles. The number of nitriles is 1. The average Bonchev–Trinajstić information content (AvgIpc) is 2.72. The van der Waals surface area contributed by atoms with E-state index in [1.54, 1.807) is 24.3 Å². The number of halogens is 2. The number of carbonyl (C=O) groups is 1. The summed E-state index contributed by atoms with van der Waals surface area (Å²) >= 11 is 9.73. The first-order valence-electron chi connectivity index (χ1n) is 9.11. The van der Waals surface area contributed by atoms with E-state index >= 15 is 0 Å². The van der Waals surface area contributed by atoms with Crippen LogP contribution in [0.4, 0.5) is 5.69 Å². The van der Waals surface area contributed by atoms with Gasteiger partial charge in [-0.05, 0) is 66.1 Å². The van der Waals surface area contributed by atoms with Crippen LogP contribution in [0.5, 0.6) is 5.75 Å². The van der Waals surface area contributed by atoms with Crippen molar-refractivity contribution < 1.29 is 9.53 Å². The highest BCUT2D eigenvalue weighted by atomic mass is 79.9. The van der Waals surface area contributed by atoms with Crippen LogP contribution in [0, 0.1) is 18.3 Å². The molecule has 0 aromatic heterocycles. The van der Waals surface area contributed by atoms with Crippen molar-refractivity contribution in [1.82, 2.24) is 0 Å². The minimum atomic E-state index is -0.477. The number of amides is 1. The summed E-state index contributed by atoms with van der Waals surface area (Å²) < 4.78 is 6.77. The number of nitrogens with one attached hydrogen (secondary N) is 1. The first kappa shape index (κ1) is 21.6. The van der Waals surface area contributed by atoms with Crippen LogP contribution < -0.4 is 10.1 Å². The molecule has 150 valence electrons. The lowest BCUT2D eigenvalue weighted by Crippen LogP contribution is -2.13. The topological polar surface area (TPSA) is 62.1 Å². The van der Waals surface area contributed by atoms with Gasteiger partial charge in [-0.25, -0.2) is 0 Å². The molecule has 30 heavy (non-hydrogen) atoms. The summed E-state index contributed by atoms with van der Waals surface area (Å²) in [6.45, 7) is 2.31. The van der Waals surface area contributed by atoms with Crippen LogP contribution >= 0.6 is 27.5 Å². The predicted molar refractivity (Wildman–Crippen MR) is 123 cm³/mol. The van der Waals surface area contributed by atoms with Gasteiger partial charge in [0.15, 0.2) is 0 Å². The standard InChI is InChI=1S/C24H18BrClN2O2/c1-16-3-2-4-21(11-16)28-24(29)19(14-27)12-18-7-10-23(22(26)13-18)30-15-17-5-8-20(25)9-6-17/h2-13H,15H2,1H3,(H,28,29)/b19-12+. The van der Waals surface area contributed by atoms with Crippen molar-refractivity contribution >= 4 is 45.2 Å². The monoisotopic (exact) mass is 480 g/mol. The lowest BCUT2D eigenvalue weighted by molar-refractivity contribution is -0.112. The summed E-state index contributed by atoms with van der Waals surface area (Å²) in [7, 11) is 0. The number of hydrogen-bond donors (Lipinski definition) is 1. The molecule has 0 radical (unpaired) electrons. The Bertz CT molecular complexity index is 1130. The molecule has 0 heterocycles. The molecule has 0 bridgehead atoms. The highest BCUT2D eigenvalue weighted by Crippen LogP contribution is 2.27. The molecule has 3 rings (SSSR count). The van der Waals surface area contributed by atoms with Crippen molar-refractivity contribution in [3.63, 3.8) is 0 Å². The van der Waals surface area contributed by atoms with Crippen molar-refractivity contribution in [2.45, 2.75) is 13.5 Å². The van der Waals surface area contributed by atoms with Crippen molar-refractivity contribution in [3.8, 4) is 11.8 Å². The second-order valence-electron chi connectivity index (χ2n) is 6.60. The Labute approximate surface area is 188 Å². The van der Waals surface area contributed by atoms with Crippen LogP contribution in [0.3, 0.4) is 0 Å². The number of carbonyl (C=O) groups excluding carboxylic acids is 1. The molecular formula is C24H18BrClN2O2. The Morgan fingerprint density at radius 2 is 1.93 bits per heavy atom. The molecule has 0 atom stereocenters. The van der Waals surface area contributed by atoms with Crippen molar-refractivity contribution in [3.05, 3.63) is 98.5 Å². The molecule has 0 saturated carbocycles. The zero-order valence-corrected chi connectivity index (χ0v) is 18.5. The third-order valence-electron chi connectivity index (χ3n) is 4.22. The van der Waals surface area contributed by atoms with Crippen LogP contribution in [-0.2, 0) is 11.4 Å². The molecule has 1 N–H and O–H groups in total. The molecule has 3 aromatic rings. The Hall–Kier alpha value is -3.07. The van der Waals surface area contributed by atoms with Crippen LogP contribution in [0.15, 0.2) is 76.8 Å². The third-order valence-corrected chi connectivity index (χ3v) is 5.04. The molecule has 6 heteroatoms. The minimum absolute atomic E-state index is 0.0175. The zero-order chi connectivity index (χ0) is 21.5. The molecule has 0 aliphatic rings. The molecule has 0 aliphatic carbocycles. The molecule has 0 unspecified atom stereocenters. The van der Waals surface area contributed by atoms with Gasteiger partial charge in [-0.15, -0.1) is 0 Å². The predicted octanol–water partition coefficient (Wildman–Crippen LogP) is 6.54. The summed E-state index contributed by atoms with van der Waals surface area (Å²) in [5.74, 6) is 0.0502. The summed E-state index contributed by atoms with van der Waals surface area (Å²) in [5.41, 5.74) is 3.28. The normalized spacial score (nSPS) is 10.9. The van der Waals surface area contributed by atoms with Crippen LogP contribution in [0.2, 0.25) is 5.02 Å². The molecule has 0 fully saturated rings. The van der Waals surface area contributed by atoms with E-state index in [9.17, 15) is 10.1 Å². The number of aryl methyl sites for hydroxylation is 1. The van der Waals surface area contributed by atoms with E-state index in [1.165, 1.54) is 6.08 Å². The van der Waals surface area contributed by atoms with Gasteiger partial charge >= 0.3 is 0 Å². The molecule has 0 aliphatic heterocycles. The lowest BCUT2D eigenvalue weighted by Gasteiger charge is -2.09. The van der Waals surface area contributed by atoms with E-state index in [1.807, 2.05) is 55.5 Å². The maximum Gasteiger partial charge on any atom is 0.266 e. The van der Waals surface area contributed by atoms with E-state index in [0.717, 1.165) is 15.6 Å². The van der Waals surface area contributed by atoms with E-state index in [2.05, 4.69) is 21.2 Å². The Morgan fingerprint density at radius 3 is 2.60 bits per heavy atom. The van der Waals surface area contributed by atoms with Gasteiger partial charge in [0.1, 0.15) is 24.0 Å². The first-order valence-corrected chi connectivity index (χ1v) is 10.3. The quantitative estimate of drug-likeness (QED) is 0.321. The van der Waals surface area contributed by atoms with Crippen LogP contribution in [0.1, 0.15) is 16.7 Å². The molecular weight excluding hydrogens is 464 g/mol. The molecule has 0 spiro atoms.